The molecule has 0 heterocycles. The summed E-state index contributed by atoms with van der Waals surface area (Å²) in [4.78, 5) is 0. The van der Waals surface area contributed by atoms with Gasteiger partial charge in [0.1, 0.15) is 0 Å². The zero-order chi connectivity index (χ0) is 8.15. The largest absolute Gasteiger partial charge is 0.314 e. The SMILES string of the molecule is CC(C)NN(SS)C(C)N. The molecule has 0 aromatic rings. The first-order chi connectivity index (χ1) is 4.57. The van der Waals surface area contributed by atoms with Crippen LogP contribution in [-0.2, 0) is 0 Å². The van der Waals surface area contributed by atoms with Crippen molar-refractivity contribution in [2.75, 3.05) is 0 Å². The first-order valence-corrected chi connectivity index (χ1v) is 5.03. The second kappa shape index (κ2) is 5.26. The molecule has 0 saturated heterocycles. The van der Waals surface area contributed by atoms with Gasteiger partial charge in [-0.3, -0.25) is 0 Å². The standard InChI is InChI=1S/C5H15N3S2/c1-4(2)7-8(10-9)5(3)6/h4-5,7,9H,6H2,1-3H3. The van der Waals surface area contributed by atoms with Crippen molar-refractivity contribution in [2.45, 2.75) is 33.0 Å². The summed E-state index contributed by atoms with van der Waals surface area (Å²) < 4.78 is 1.80. The van der Waals surface area contributed by atoms with Crippen LogP contribution < -0.4 is 11.2 Å². The van der Waals surface area contributed by atoms with Gasteiger partial charge in [-0.15, -0.1) is 0 Å². The molecule has 0 spiro atoms. The topological polar surface area (TPSA) is 41.3 Å². The lowest BCUT2D eigenvalue weighted by atomic mass is 10.4. The van der Waals surface area contributed by atoms with Gasteiger partial charge in [-0.05, 0) is 20.8 Å². The number of hydrogen-bond acceptors (Lipinski definition) is 5. The summed E-state index contributed by atoms with van der Waals surface area (Å²) in [7, 11) is 1.30. The molecule has 0 aliphatic heterocycles. The number of rotatable bonds is 4. The molecular formula is C5H15N3S2. The van der Waals surface area contributed by atoms with E-state index < -0.39 is 0 Å². The molecule has 3 N–H and O–H groups in total. The molecule has 0 aromatic heterocycles. The van der Waals surface area contributed by atoms with E-state index in [2.05, 4.69) is 30.9 Å². The van der Waals surface area contributed by atoms with Crippen molar-refractivity contribution < 1.29 is 0 Å². The molecule has 0 rings (SSSR count). The molecule has 0 radical (unpaired) electrons. The Morgan fingerprint density at radius 1 is 1.50 bits per heavy atom. The third-order valence-corrected chi connectivity index (χ3v) is 1.98. The molecule has 62 valence electrons. The van der Waals surface area contributed by atoms with Gasteiger partial charge in [-0.25, -0.2) is 5.43 Å². The monoisotopic (exact) mass is 181 g/mol. The first kappa shape index (κ1) is 10.6. The average Bonchev–Trinajstić information content (AvgIpc) is 1.81. The lowest BCUT2D eigenvalue weighted by molar-refractivity contribution is 0.262. The fourth-order valence-corrected chi connectivity index (χ4v) is 1.46. The lowest BCUT2D eigenvalue weighted by Gasteiger charge is -2.25. The molecule has 1 unspecified atom stereocenters. The number of thiol groups is 1. The van der Waals surface area contributed by atoms with E-state index in [1.165, 1.54) is 11.0 Å². The van der Waals surface area contributed by atoms with Gasteiger partial charge in [0.2, 0.25) is 0 Å². The second-order valence-electron chi connectivity index (χ2n) is 2.43. The van der Waals surface area contributed by atoms with Crippen LogP contribution in [0.25, 0.3) is 0 Å². The van der Waals surface area contributed by atoms with E-state index in [0.29, 0.717) is 6.04 Å². The Labute approximate surface area is 71.6 Å². The van der Waals surface area contributed by atoms with Crippen LogP contribution in [0.15, 0.2) is 0 Å². The van der Waals surface area contributed by atoms with E-state index >= 15 is 0 Å². The fraction of sp³-hybridized carbons (Fsp3) is 1.00. The van der Waals surface area contributed by atoms with E-state index in [1.54, 1.807) is 4.41 Å². The zero-order valence-electron chi connectivity index (χ0n) is 6.53. The van der Waals surface area contributed by atoms with Crippen molar-refractivity contribution in [3.63, 3.8) is 0 Å². The van der Waals surface area contributed by atoms with Gasteiger partial charge in [0.25, 0.3) is 0 Å². The van der Waals surface area contributed by atoms with Gasteiger partial charge >= 0.3 is 0 Å². The molecule has 0 bridgehead atoms. The maximum Gasteiger partial charge on any atom is 0.0802 e. The third kappa shape index (κ3) is 4.40. The van der Waals surface area contributed by atoms with Gasteiger partial charge in [-0.2, -0.15) is 4.41 Å². The van der Waals surface area contributed by atoms with E-state index in [-0.39, 0.29) is 6.17 Å². The van der Waals surface area contributed by atoms with Crippen LogP contribution in [0, 0.1) is 0 Å². The Bertz CT molecular complexity index is 87.0. The number of nitrogens with zero attached hydrogens (tertiary/aromatic N) is 1. The van der Waals surface area contributed by atoms with E-state index in [9.17, 15) is 0 Å². The molecule has 5 heteroatoms. The normalized spacial score (nSPS) is 14.7. The van der Waals surface area contributed by atoms with Crippen LogP contribution in [0.2, 0.25) is 0 Å². The summed E-state index contributed by atoms with van der Waals surface area (Å²) >= 11 is 4.03. The van der Waals surface area contributed by atoms with Crippen LogP contribution in [-0.4, -0.2) is 16.6 Å². The quantitative estimate of drug-likeness (QED) is 0.199. The van der Waals surface area contributed by atoms with Gasteiger partial charge < -0.3 is 5.73 Å². The van der Waals surface area contributed by atoms with Crippen molar-refractivity contribution in [3.8, 4) is 0 Å². The maximum atomic E-state index is 5.59. The van der Waals surface area contributed by atoms with Crippen molar-refractivity contribution >= 4 is 22.6 Å². The minimum absolute atomic E-state index is 0.0232. The molecular weight excluding hydrogens is 166 g/mol. The Balaban J connectivity index is 3.60. The molecule has 0 amide bonds. The molecule has 1 atom stereocenters. The van der Waals surface area contributed by atoms with Crippen LogP contribution in [0.5, 0.6) is 0 Å². The Morgan fingerprint density at radius 3 is 2.10 bits per heavy atom. The van der Waals surface area contributed by atoms with Crippen molar-refractivity contribution in [3.05, 3.63) is 0 Å². The van der Waals surface area contributed by atoms with Crippen LogP contribution in [0.3, 0.4) is 0 Å². The highest BCUT2D eigenvalue weighted by molar-refractivity contribution is 8.67. The van der Waals surface area contributed by atoms with Crippen LogP contribution in [0.4, 0.5) is 0 Å². The molecule has 0 saturated carbocycles. The zero-order valence-corrected chi connectivity index (χ0v) is 8.25. The highest BCUT2D eigenvalue weighted by Crippen LogP contribution is 2.12. The van der Waals surface area contributed by atoms with E-state index in [1.807, 2.05) is 6.92 Å². The summed E-state index contributed by atoms with van der Waals surface area (Å²) in [6.07, 6.45) is -0.0232. The predicted octanol–water partition coefficient (Wildman–Crippen LogP) is 0.999. The van der Waals surface area contributed by atoms with Gasteiger partial charge in [0, 0.05) is 17.0 Å². The second-order valence-corrected chi connectivity index (χ2v) is 3.48. The summed E-state index contributed by atoms with van der Waals surface area (Å²) in [5.74, 6) is 0. The summed E-state index contributed by atoms with van der Waals surface area (Å²) in [5, 5.41) is 0. The van der Waals surface area contributed by atoms with Crippen molar-refractivity contribution in [1.29, 1.82) is 0 Å². The maximum absolute atomic E-state index is 5.59. The minimum atomic E-state index is -0.0232. The highest BCUT2D eigenvalue weighted by Gasteiger charge is 2.08. The number of nitrogens with one attached hydrogen (secondary N) is 1. The fourth-order valence-electron chi connectivity index (χ4n) is 0.470. The summed E-state index contributed by atoms with van der Waals surface area (Å²) in [5.41, 5.74) is 8.71. The Morgan fingerprint density at radius 2 is 2.00 bits per heavy atom. The van der Waals surface area contributed by atoms with Gasteiger partial charge in [0.15, 0.2) is 0 Å². The predicted molar refractivity (Wildman–Crippen MR) is 50.3 cm³/mol. The average molecular weight is 181 g/mol. The van der Waals surface area contributed by atoms with E-state index in [0.717, 1.165) is 0 Å². The molecule has 0 aliphatic carbocycles. The third-order valence-electron chi connectivity index (χ3n) is 0.843. The molecule has 3 nitrogen and oxygen atoms in total. The lowest BCUT2D eigenvalue weighted by Crippen LogP contribution is -2.46. The molecule has 0 fully saturated rings. The number of nitrogens with two attached hydrogens (primary N) is 1. The van der Waals surface area contributed by atoms with Gasteiger partial charge in [-0.1, -0.05) is 11.7 Å². The number of hydrogen-bond donors (Lipinski definition) is 3. The Hall–Kier alpha value is 0.580. The van der Waals surface area contributed by atoms with Crippen molar-refractivity contribution in [2.24, 2.45) is 5.73 Å². The number of hydrazine groups is 1. The first-order valence-electron chi connectivity index (χ1n) is 3.20. The highest BCUT2D eigenvalue weighted by atomic mass is 33.1. The Kier molecular flexibility index (Phi) is 5.56. The van der Waals surface area contributed by atoms with Crippen LogP contribution >= 0.6 is 22.6 Å². The molecule has 0 aromatic carbocycles. The molecule has 0 aliphatic rings. The summed E-state index contributed by atoms with van der Waals surface area (Å²) in [6.45, 7) is 6.01. The van der Waals surface area contributed by atoms with Crippen molar-refractivity contribution in [1.82, 2.24) is 9.84 Å². The smallest absolute Gasteiger partial charge is 0.0802 e. The van der Waals surface area contributed by atoms with Crippen LogP contribution in [0.1, 0.15) is 20.8 Å². The van der Waals surface area contributed by atoms with E-state index in [4.69, 9.17) is 5.73 Å². The summed E-state index contributed by atoms with van der Waals surface area (Å²) in [6, 6.07) is 0.394. The molecule has 10 heavy (non-hydrogen) atoms. The minimum Gasteiger partial charge on any atom is -0.314 e. The van der Waals surface area contributed by atoms with Gasteiger partial charge in [0.05, 0.1) is 6.17 Å².